The van der Waals surface area contributed by atoms with Crippen molar-refractivity contribution in [1.29, 1.82) is 0 Å². The molecule has 0 amide bonds. The van der Waals surface area contributed by atoms with E-state index in [-0.39, 0.29) is 18.2 Å². The quantitative estimate of drug-likeness (QED) is 0.0632. The molecule has 4 rings (SSSR count). The Kier molecular flexibility index (Phi) is 12.6. The standard InChI is InChI=1S/C38H39FN2O4S/c1-3-6-29-8-5-9-30(24-34(39)33(29)7-4-2)28-16-10-26(11-17-28)14-22-37(42)44-32-19-12-27(13-20-32)15-23-38(43)45-46-36-21-18-31(40)25-35(36)41/h5,8-13,15-21,23-25H,3-4,6-7,14,22,40-41H2,1-2H3/b8-5?,9-5?,23-15+,29-8?,30-9?,30-24?,33-29?,34-24?,34-33?. The van der Waals surface area contributed by atoms with Crippen LogP contribution in [0.2, 0.25) is 0 Å². The molecule has 46 heavy (non-hydrogen) atoms. The smallest absolute Gasteiger partial charge is 0.343 e. The minimum Gasteiger partial charge on any atom is -0.427 e. The number of hydrogen-bond acceptors (Lipinski definition) is 7. The Hall–Kier alpha value is -4.82. The molecule has 0 aliphatic heterocycles. The Bertz CT molecular complexity index is 1690. The van der Waals surface area contributed by atoms with Crippen molar-refractivity contribution in [2.45, 2.75) is 57.3 Å². The van der Waals surface area contributed by atoms with Crippen LogP contribution in [0.25, 0.3) is 11.6 Å². The largest absolute Gasteiger partial charge is 0.427 e. The Morgan fingerprint density at radius 1 is 0.913 bits per heavy atom. The summed E-state index contributed by atoms with van der Waals surface area (Å²) in [5, 5.41) is 0. The Labute approximate surface area is 274 Å². The average molecular weight is 639 g/mol. The molecule has 1 aliphatic carbocycles. The second-order valence-electron chi connectivity index (χ2n) is 10.8. The summed E-state index contributed by atoms with van der Waals surface area (Å²) in [6, 6.07) is 19.6. The molecule has 1 aliphatic rings. The van der Waals surface area contributed by atoms with Crippen LogP contribution in [0, 0.1) is 0 Å². The summed E-state index contributed by atoms with van der Waals surface area (Å²) in [6.45, 7) is 4.17. The zero-order valence-corrected chi connectivity index (χ0v) is 26.9. The van der Waals surface area contributed by atoms with E-state index in [1.165, 1.54) is 6.08 Å². The Balaban J connectivity index is 1.26. The zero-order chi connectivity index (χ0) is 32.9. The van der Waals surface area contributed by atoms with Crippen LogP contribution in [-0.2, 0) is 20.2 Å². The average Bonchev–Trinajstić information content (AvgIpc) is 3.04. The first-order valence-electron chi connectivity index (χ1n) is 15.3. The van der Waals surface area contributed by atoms with Gasteiger partial charge in [-0.05, 0) is 95.2 Å². The summed E-state index contributed by atoms with van der Waals surface area (Å²) in [6.07, 6.45) is 14.6. The van der Waals surface area contributed by atoms with E-state index >= 15 is 4.39 Å². The lowest BCUT2D eigenvalue weighted by Gasteiger charge is -2.14. The summed E-state index contributed by atoms with van der Waals surface area (Å²) < 4.78 is 25.9. The highest BCUT2D eigenvalue weighted by molar-refractivity contribution is 7.95. The van der Waals surface area contributed by atoms with Gasteiger partial charge in [-0.3, -0.25) is 4.79 Å². The van der Waals surface area contributed by atoms with E-state index in [1.807, 2.05) is 42.5 Å². The molecule has 0 spiro atoms. The molecule has 3 aromatic rings. The summed E-state index contributed by atoms with van der Waals surface area (Å²) in [4.78, 5) is 25.2. The van der Waals surface area contributed by atoms with Gasteiger partial charge in [-0.15, -0.1) is 0 Å². The van der Waals surface area contributed by atoms with Crippen LogP contribution in [0.4, 0.5) is 15.8 Å². The monoisotopic (exact) mass is 638 g/mol. The van der Waals surface area contributed by atoms with Gasteiger partial charge in [0.25, 0.3) is 0 Å². The van der Waals surface area contributed by atoms with Crippen molar-refractivity contribution in [1.82, 2.24) is 0 Å². The highest BCUT2D eigenvalue weighted by Crippen LogP contribution is 2.31. The zero-order valence-electron chi connectivity index (χ0n) is 26.1. The Morgan fingerprint density at radius 2 is 1.65 bits per heavy atom. The van der Waals surface area contributed by atoms with Gasteiger partial charge in [0.1, 0.15) is 11.6 Å². The van der Waals surface area contributed by atoms with Crippen molar-refractivity contribution in [3.05, 3.63) is 131 Å². The van der Waals surface area contributed by atoms with Gasteiger partial charge < -0.3 is 20.4 Å². The van der Waals surface area contributed by atoms with Gasteiger partial charge in [-0.2, -0.15) is 0 Å². The fraction of sp³-hybridized carbons (Fsp3) is 0.211. The highest BCUT2D eigenvalue weighted by atomic mass is 32.2. The first-order chi connectivity index (χ1) is 22.2. The van der Waals surface area contributed by atoms with E-state index in [0.29, 0.717) is 34.9 Å². The van der Waals surface area contributed by atoms with Crippen molar-refractivity contribution < 1.29 is 22.9 Å². The van der Waals surface area contributed by atoms with Gasteiger partial charge in [-0.1, -0.05) is 81.3 Å². The molecule has 4 N–H and O–H groups in total. The third-order valence-electron chi connectivity index (χ3n) is 7.23. The van der Waals surface area contributed by atoms with E-state index in [4.69, 9.17) is 20.4 Å². The van der Waals surface area contributed by atoms with Gasteiger partial charge >= 0.3 is 11.9 Å². The molecular weight excluding hydrogens is 599 g/mol. The van der Waals surface area contributed by atoms with Crippen LogP contribution in [0.5, 0.6) is 5.75 Å². The molecule has 0 saturated heterocycles. The van der Waals surface area contributed by atoms with Crippen molar-refractivity contribution in [3.8, 4) is 5.75 Å². The van der Waals surface area contributed by atoms with E-state index in [0.717, 1.165) is 64.7 Å². The first kappa shape index (κ1) is 34.1. The molecule has 0 aromatic heterocycles. The maximum Gasteiger partial charge on any atom is 0.343 e. The maximum absolute atomic E-state index is 15.3. The molecule has 8 heteroatoms. The highest BCUT2D eigenvalue weighted by Gasteiger charge is 2.13. The minimum atomic E-state index is -0.550. The summed E-state index contributed by atoms with van der Waals surface area (Å²) in [5.74, 6) is -0.669. The summed E-state index contributed by atoms with van der Waals surface area (Å²) in [7, 11) is 0. The lowest BCUT2D eigenvalue weighted by atomic mass is 9.92. The molecule has 3 aromatic carbocycles. The molecule has 0 heterocycles. The number of benzene rings is 3. The number of halogens is 1. The van der Waals surface area contributed by atoms with Crippen molar-refractivity contribution in [2.75, 3.05) is 11.5 Å². The number of esters is 1. The van der Waals surface area contributed by atoms with E-state index in [9.17, 15) is 9.59 Å². The Morgan fingerprint density at radius 3 is 2.35 bits per heavy atom. The molecule has 0 bridgehead atoms. The number of anilines is 2. The molecule has 0 unspecified atom stereocenters. The number of aryl methyl sites for hydroxylation is 1. The third-order valence-corrected chi connectivity index (χ3v) is 8.03. The predicted octanol–water partition coefficient (Wildman–Crippen LogP) is 9.36. The number of nitrogen functional groups attached to an aromatic ring is 2. The number of nitrogens with two attached hydrogens (primary N) is 2. The van der Waals surface area contributed by atoms with Crippen LogP contribution in [0.3, 0.4) is 0 Å². The SMILES string of the molecule is CCCC1=CC=CC(c2ccc(CCC(=O)Oc3ccc(/C=C/C(=O)OSc4ccc(N)cc4N)cc3)cc2)=CC(F)=C1CCC. The molecule has 0 radical (unpaired) electrons. The lowest BCUT2D eigenvalue weighted by molar-refractivity contribution is -0.134. The van der Waals surface area contributed by atoms with E-state index in [1.54, 1.807) is 54.6 Å². The molecule has 0 atom stereocenters. The fourth-order valence-corrected chi connectivity index (χ4v) is 5.37. The van der Waals surface area contributed by atoms with E-state index < -0.39 is 5.97 Å². The molecule has 238 valence electrons. The summed E-state index contributed by atoms with van der Waals surface area (Å²) in [5.41, 5.74) is 17.8. The number of carbonyl (C=O) groups is 2. The first-order valence-corrected chi connectivity index (χ1v) is 16.1. The van der Waals surface area contributed by atoms with Gasteiger partial charge in [0.05, 0.1) is 22.6 Å². The number of rotatable bonds is 13. The van der Waals surface area contributed by atoms with Crippen LogP contribution in [0.15, 0.2) is 119 Å². The van der Waals surface area contributed by atoms with Crippen LogP contribution in [0.1, 0.15) is 62.6 Å². The van der Waals surface area contributed by atoms with Crippen molar-refractivity contribution in [2.24, 2.45) is 0 Å². The molecule has 0 fully saturated rings. The van der Waals surface area contributed by atoms with Crippen LogP contribution < -0.4 is 16.2 Å². The van der Waals surface area contributed by atoms with Crippen LogP contribution >= 0.6 is 12.0 Å². The second kappa shape index (κ2) is 17.0. The molecule has 6 nitrogen and oxygen atoms in total. The normalized spacial score (nSPS) is 13.2. The number of carbonyl (C=O) groups excluding carboxylic acids is 2. The van der Waals surface area contributed by atoms with Crippen LogP contribution in [-0.4, -0.2) is 11.9 Å². The number of hydrogen-bond donors (Lipinski definition) is 2. The van der Waals surface area contributed by atoms with Gasteiger partial charge in [0.15, 0.2) is 0 Å². The minimum absolute atomic E-state index is 0.171. The van der Waals surface area contributed by atoms with Gasteiger partial charge in [0.2, 0.25) is 0 Å². The van der Waals surface area contributed by atoms with Crippen molar-refractivity contribution >= 4 is 47.0 Å². The number of ether oxygens (including phenoxy) is 1. The van der Waals surface area contributed by atoms with Gasteiger partial charge in [0, 0.05) is 18.2 Å². The van der Waals surface area contributed by atoms with E-state index in [2.05, 4.69) is 13.8 Å². The second-order valence-corrected chi connectivity index (χ2v) is 11.6. The third kappa shape index (κ3) is 10.1. The van der Waals surface area contributed by atoms with Crippen molar-refractivity contribution in [3.63, 3.8) is 0 Å². The lowest BCUT2D eigenvalue weighted by Crippen LogP contribution is -2.09. The van der Waals surface area contributed by atoms with Gasteiger partial charge in [-0.25, -0.2) is 9.18 Å². The fourth-order valence-electron chi connectivity index (χ4n) is 4.87. The molecular formula is C38H39FN2O4S. The number of allylic oxidation sites excluding steroid dienone is 8. The summed E-state index contributed by atoms with van der Waals surface area (Å²) >= 11 is 0.861. The predicted molar refractivity (Wildman–Crippen MR) is 186 cm³/mol. The topological polar surface area (TPSA) is 105 Å². The molecule has 0 saturated carbocycles. The maximum atomic E-state index is 15.3.